The first-order valence-electron chi connectivity index (χ1n) is 17.2. The summed E-state index contributed by atoms with van der Waals surface area (Å²) in [4.78, 5) is 55.2. The number of aldehydes is 1. The summed E-state index contributed by atoms with van der Waals surface area (Å²) in [6.45, 7) is 11.3. The van der Waals surface area contributed by atoms with Gasteiger partial charge in [-0.25, -0.2) is 4.79 Å². The zero-order valence-corrected chi connectivity index (χ0v) is 33.2. The van der Waals surface area contributed by atoms with Crippen molar-refractivity contribution in [2.24, 2.45) is 9.98 Å². The van der Waals surface area contributed by atoms with E-state index in [9.17, 15) is 28.0 Å². The third-order valence-electron chi connectivity index (χ3n) is 7.05. The summed E-state index contributed by atoms with van der Waals surface area (Å²) >= 11 is 0. The Labute approximate surface area is 322 Å². The molecule has 0 spiro atoms. The molecule has 0 heterocycles. The molecule has 0 aliphatic heterocycles. The number of amides is 3. The van der Waals surface area contributed by atoms with Gasteiger partial charge in [-0.15, -0.1) is 0 Å². The highest BCUT2D eigenvalue weighted by molar-refractivity contribution is 6.11. The predicted octanol–water partition coefficient (Wildman–Crippen LogP) is 4.29. The molecule has 2 aromatic rings. The number of benzene rings is 2. The summed E-state index contributed by atoms with van der Waals surface area (Å²) in [7, 11) is 5.87. The number of alkyl halides is 2. The Morgan fingerprint density at radius 1 is 1.07 bits per heavy atom. The molecule has 55 heavy (non-hydrogen) atoms. The van der Waals surface area contributed by atoms with Crippen molar-refractivity contribution in [1.29, 1.82) is 0 Å². The molecule has 0 aromatic heterocycles. The highest BCUT2D eigenvalue weighted by Gasteiger charge is 2.18. The molecule has 1 unspecified atom stereocenters. The van der Waals surface area contributed by atoms with Crippen LogP contribution in [-0.2, 0) is 32.2 Å². The maximum absolute atomic E-state index is 13.0. The summed E-state index contributed by atoms with van der Waals surface area (Å²) in [6.07, 6.45) is 4.05. The number of aliphatic imine (C=N–C) groups is 2. The van der Waals surface area contributed by atoms with Crippen LogP contribution in [0.4, 0.5) is 19.3 Å². The van der Waals surface area contributed by atoms with E-state index in [-0.39, 0.29) is 24.2 Å². The van der Waals surface area contributed by atoms with E-state index in [1.807, 2.05) is 14.0 Å². The van der Waals surface area contributed by atoms with Crippen molar-refractivity contribution in [3.8, 4) is 5.75 Å². The van der Waals surface area contributed by atoms with E-state index in [0.717, 1.165) is 19.1 Å². The number of aliphatic hydroxyl groups excluding tert-OH is 1. The van der Waals surface area contributed by atoms with Crippen LogP contribution in [0.1, 0.15) is 61.7 Å². The summed E-state index contributed by atoms with van der Waals surface area (Å²) in [6, 6.07) is 9.33. The number of ether oxygens (including phenoxy) is 3. The first-order valence-corrected chi connectivity index (χ1v) is 17.2. The second kappa shape index (κ2) is 27.3. The van der Waals surface area contributed by atoms with Gasteiger partial charge in [-0.3, -0.25) is 19.6 Å². The second-order valence-electron chi connectivity index (χ2n) is 12.6. The van der Waals surface area contributed by atoms with Crippen LogP contribution >= 0.6 is 0 Å². The van der Waals surface area contributed by atoms with Gasteiger partial charge in [-0.1, -0.05) is 12.1 Å². The van der Waals surface area contributed by atoms with Crippen LogP contribution in [0.15, 0.2) is 52.6 Å². The van der Waals surface area contributed by atoms with Crippen molar-refractivity contribution in [2.45, 2.75) is 72.1 Å². The van der Waals surface area contributed by atoms with E-state index >= 15 is 0 Å². The van der Waals surface area contributed by atoms with Crippen LogP contribution in [0.25, 0.3) is 5.57 Å². The minimum atomic E-state index is -2.99. The van der Waals surface area contributed by atoms with Crippen molar-refractivity contribution in [3.63, 3.8) is 0 Å². The van der Waals surface area contributed by atoms with Crippen LogP contribution in [0, 0.1) is 0 Å². The van der Waals surface area contributed by atoms with Crippen molar-refractivity contribution in [3.05, 3.63) is 64.9 Å². The van der Waals surface area contributed by atoms with E-state index in [4.69, 9.17) is 19.3 Å². The molecule has 2 atom stereocenters. The molecule has 15 nitrogen and oxygen atoms in total. The quantitative estimate of drug-likeness (QED) is 0.0958. The van der Waals surface area contributed by atoms with Crippen LogP contribution in [0.2, 0.25) is 0 Å². The molecule has 0 radical (unpaired) electrons. The van der Waals surface area contributed by atoms with E-state index in [1.165, 1.54) is 26.4 Å². The molecule has 3 amide bonds. The number of nitrogens with one attached hydrogen (secondary N) is 4. The first kappa shape index (κ1) is 49.7. The van der Waals surface area contributed by atoms with E-state index in [1.54, 1.807) is 69.1 Å². The van der Waals surface area contributed by atoms with Crippen molar-refractivity contribution >= 4 is 48.9 Å². The number of hydrogen-bond acceptors (Lipinski definition) is 12. The van der Waals surface area contributed by atoms with Gasteiger partial charge in [0.05, 0.1) is 24.8 Å². The van der Waals surface area contributed by atoms with Gasteiger partial charge in [-0.2, -0.15) is 8.78 Å². The lowest BCUT2D eigenvalue weighted by molar-refractivity contribution is -0.119. The molecule has 0 aliphatic carbocycles. The fourth-order valence-corrected chi connectivity index (χ4v) is 4.47. The number of anilines is 1. The zero-order valence-electron chi connectivity index (χ0n) is 33.2. The van der Waals surface area contributed by atoms with Crippen LogP contribution < -0.4 is 26.0 Å². The zero-order chi connectivity index (χ0) is 42.0. The maximum atomic E-state index is 13.0. The van der Waals surface area contributed by atoms with E-state index in [2.05, 4.69) is 38.0 Å². The Hall–Kier alpha value is -5.26. The summed E-state index contributed by atoms with van der Waals surface area (Å²) < 4.78 is 40.8. The fourth-order valence-electron chi connectivity index (χ4n) is 4.47. The van der Waals surface area contributed by atoms with Gasteiger partial charge in [0.2, 0.25) is 6.41 Å². The number of carbonyl (C=O) groups excluding carboxylic acids is 4. The molecule has 0 bridgehead atoms. The normalized spacial score (nSPS) is 12.2. The third-order valence-corrected chi connectivity index (χ3v) is 7.05. The average Bonchev–Trinajstić information content (AvgIpc) is 3.14. The number of hydrogen-bond donors (Lipinski definition) is 5. The molecule has 2 rings (SSSR count). The lowest BCUT2D eigenvalue weighted by Crippen LogP contribution is -2.38. The molecule has 0 fully saturated rings. The van der Waals surface area contributed by atoms with E-state index < -0.39 is 24.3 Å². The highest BCUT2D eigenvalue weighted by Crippen LogP contribution is 2.27. The number of likely N-dealkylation sites (N-methyl/N-ethyl adjacent to an activating group) is 1. The Kier molecular flexibility index (Phi) is 24.7. The monoisotopic (exact) mass is 777 g/mol. The molecule has 0 saturated carbocycles. The number of allylic oxidation sites excluding steroid dienone is 1. The predicted molar refractivity (Wildman–Crippen MR) is 211 cm³/mol. The number of alkyl carbamates (subject to hydrolysis) is 1. The number of rotatable bonds is 20. The molecular weight excluding hydrogens is 720 g/mol. The molecule has 306 valence electrons. The Bertz CT molecular complexity index is 1550. The number of halogens is 2. The summed E-state index contributed by atoms with van der Waals surface area (Å²) in [5.74, 6) is -0.316. The third kappa shape index (κ3) is 20.1. The smallest absolute Gasteiger partial charge is 0.408 e. The summed E-state index contributed by atoms with van der Waals surface area (Å²) in [5.41, 5.74) is 2.83. The van der Waals surface area contributed by atoms with Gasteiger partial charge in [-0.05, 0) is 83.8 Å². The number of aliphatic hydroxyl groups is 1. The van der Waals surface area contributed by atoms with Crippen molar-refractivity contribution in [2.75, 3.05) is 53.3 Å². The van der Waals surface area contributed by atoms with Gasteiger partial charge >= 0.3 is 12.7 Å². The van der Waals surface area contributed by atoms with Gasteiger partial charge in [0.15, 0.2) is 0 Å². The van der Waals surface area contributed by atoms with Gasteiger partial charge in [0, 0.05) is 76.2 Å². The van der Waals surface area contributed by atoms with Crippen molar-refractivity contribution in [1.82, 2.24) is 20.9 Å². The van der Waals surface area contributed by atoms with Crippen LogP contribution in [-0.4, -0.2) is 120 Å². The molecule has 5 N–H and O–H groups in total. The van der Waals surface area contributed by atoms with Crippen LogP contribution in [0.3, 0.4) is 0 Å². The Morgan fingerprint density at radius 2 is 1.76 bits per heavy atom. The maximum Gasteiger partial charge on any atom is 0.408 e. The average molecular weight is 778 g/mol. The molecule has 0 saturated heterocycles. The second-order valence-corrected chi connectivity index (χ2v) is 12.6. The minimum Gasteiger partial charge on any atom is -0.444 e. The number of methoxy groups -OCH3 is 1. The van der Waals surface area contributed by atoms with Crippen molar-refractivity contribution < 1.29 is 47.3 Å². The largest absolute Gasteiger partial charge is 0.444 e. The summed E-state index contributed by atoms with van der Waals surface area (Å²) in [5, 5.41) is 18.2. The topological polar surface area (TPSA) is 192 Å². The standard InChI is InChI=1S/C29H38F2N6O4.C8H15NO3.CH4O/c1-20(37(19-38)11-10-32-2)14-35-16-24(15-33-3)22-7-8-25(28(39)34-4)26(13-22)36-17-23-12-21(18-40-5)6-9-27(23)41-29(30)31;1-6(5-10)9-7(11)12-8(2,3)4;1-2/h6-9,12-13,15-16,19-20,29,32,36H,3,10-11,14,17-18H2,1-2,4-5H3,(H,34,39);5-6H,1-4H3,(H,9,11);2H,1H3/b24-15+,35-16?;;/t20-;;/m1../s1. The van der Waals surface area contributed by atoms with Gasteiger partial charge in [0.1, 0.15) is 17.6 Å². The molecule has 2 aromatic carbocycles. The number of nitrogens with zero attached hydrogens (tertiary/aromatic N) is 3. The Balaban J connectivity index is 0.00000177. The fraction of sp³-hybridized carbons (Fsp3) is 0.474. The SMILES string of the molecule is C=N/C=C(\C=NC[C@@H](C)N(C=O)CCNC)c1ccc(C(=O)NC)c(NCc2cc(COC)ccc2OC(F)F)c1.CC(C=O)NC(=O)OC(C)(C)C.CO. The number of carbonyl (C=O) groups is 4. The minimum absolute atomic E-state index is 0.0155. The van der Waals surface area contributed by atoms with Gasteiger partial charge < -0.3 is 50.3 Å². The first-order chi connectivity index (χ1) is 26.1. The van der Waals surface area contributed by atoms with Crippen LogP contribution in [0.5, 0.6) is 5.75 Å². The molecule has 0 aliphatic rings. The molecular formula is C38H57F2N7O8. The Morgan fingerprint density at radius 3 is 2.31 bits per heavy atom. The lowest BCUT2D eigenvalue weighted by atomic mass is 10.0. The lowest BCUT2D eigenvalue weighted by Gasteiger charge is -2.23. The van der Waals surface area contributed by atoms with E-state index in [0.29, 0.717) is 60.5 Å². The highest BCUT2D eigenvalue weighted by atomic mass is 19.3. The molecule has 17 heteroatoms. The van der Waals surface area contributed by atoms with Gasteiger partial charge in [0.25, 0.3) is 5.91 Å².